The van der Waals surface area contributed by atoms with Crippen molar-refractivity contribution in [2.24, 2.45) is 0 Å². The van der Waals surface area contributed by atoms with E-state index in [-0.39, 0.29) is 35.2 Å². The number of hydrogen-bond acceptors (Lipinski definition) is 9. The summed E-state index contributed by atoms with van der Waals surface area (Å²) in [5.74, 6) is 0.231. The normalized spacial score (nSPS) is 15.6. The number of likely N-dealkylation sites (tertiary alicyclic amines) is 1. The molecule has 4 heterocycles. The van der Waals surface area contributed by atoms with E-state index in [1.54, 1.807) is 17.0 Å². The number of amides is 1. The summed E-state index contributed by atoms with van der Waals surface area (Å²) in [5.41, 5.74) is -1.16. The van der Waals surface area contributed by atoms with Gasteiger partial charge in [-0.25, -0.2) is 19.7 Å². The first kappa shape index (κ1) is 28.5. The summed E-state index contributed by atoms with van der Waals surface area (Å²) in [6.07, 6.45) is -0.846. The van der Waals surface area contributed by atoms with Crippen LogP contribution in [0.15, 0.2) is 48.8 Å². The van der Waals surface area contributed by atoms with E-state index in [0.717, 1.165) is 37.2 Å². The fourth-order valence-electron chi connectivity index (χ4n) is 4.16. The Morgan fingerprint density at radius 1 is 1.10 bits per heavy atom. The lowest BCUT2D eigenvalue weighted by molar-refractivity contribution is -0.384. The number of halogens is 3. The van der Waals surface area contributed by atoms with E-state index in [1.165, 1.54) is 12.3 Å². The van der Waals surface area contributed by atoms with Crippen LogP contribution in [-0.2, 0) is 10.9 Å². The van der Waals surface area contributed by atoms with Crippen LogP contribution in [0.5, 0.6) is 0 Å². The maximum absolute atomic E-state index is 13.1. The number of alkyl halides is 3. The van der Waals surface area contributed by atoms with Crippen LogP contribution in [0.3, 0.4) is 0 Å². The first-order chi connectivity index (χ1) is 18.8. The van der Waals surface area contributed by atoms with Crippen molar-refractivity contribution >= 4 is 29.2 Å². The van der Waals surface area contributed by atoms with E-state index >= 15 is 0 Å². The molecule has 2 N–H and O–H groups in total. The lowest BCUT2D eigenvalue weighted by Crippen LogP contribution is -2.42. The maximum atomic E-state index is 13.1. The van der Waals surface area contributed by atoms with Crippen molar-refractivity contribution in [3.63, 3.8) is 0 Å². The van der Waals surface area contributed by atoms with Gasteiger partial charge in [0.05, 0.1) is 28.3 Å². The number of nitrogens with zero attached hydrogens (tertiary/aromatic N) is 5. The van der Waals surface area contributed by atoms with E-state index in [4.69, 9.17) is 4.74 Å². The van der Waals surface area contributed by atoms with Gasteiger partial charge in [-0.3, -0.25) is 10.1 Å². The molecule has 0 bridgehead atoms. The Balaban J connectivity index is 1.53. The fraction of sp³-hybridized carbons (Fsp3) is 0.385. The minimum absolute atomic E-state index is 0.0543. The van der Waals surface area contributed by atoms with Gasteiger partial charge in [-0.2, -0.15) is 13.2 Å². The highest BCUT2D eigenvalue weighted by molar-refractivity contribution is 5.70. The summed E-state index contributed by atoms with van der Waals surface area (Å²) in [6, 6.07) is 7.12. The van der Waals surface area contributed by atoms with Crippen LogP contribution in [0.4, 0.5) is 41.1 Å². The lowest BCUT2D eigenvalue weighted by atomic mass is 10.1. The molecule has 0 radical (unpaired) electrons. The highest BCUT2D eigenvalue weighted by Gasteiger charge is 2.32. The van der Waals surface area contributed by atoms with Crippen molar-refractivity contribution in [3.8, 4) is 11.3 Å². The molecule has 1 aliphatic rings. The number of ether oxygens (including phenoxy) is 1. The highest BCUT2D eigenvalue weighted by atomic mass is 19.4. The van der Waals surface area contributed by atoms with Gasteiger partial charge in [0.1, 0.15) is 23.1 Å². The zero-order valence-electron chi connectivity index (χ0n) is 22.0. The third kappa shape index (κ3) is 7.33. The third-order valence-corrected chi connectivity index (χ3v) is 5.94. The van der Waals surface area contributed by atoms with Crippen LogP contribution in [0.25, 0.3) is 11.3 Å². The summed E-state index contributed by atoms with van der Waals surface area (Å²) in [7, 11) is 0. The Hall–Kier alpha value is -4.49. The Labute approximate surface area is 227 Å². The van der Waals surface area contributed by atoms with Gasteiger partial charge < -0.3 is 20.3 Å². The second-order valence-corrected chi connectivity index (χ2v) is 10.2. The predicted molar refractivity (Wildman–Crippen MR) is 141 cm³/mol. The number of rotatable bonds is 7. The summed E-state index contributed by atoms with van der Waals surface area (Å²) < 4.78 is 44.8. The van der Waals surface area contributed by atoms with E-state index in [9.17, 15) is 28.1 Å². The van der Waals surface area contributed by atoms with E-state index in [1.807, 2.05) is 20.8 Å². The minimum Gasteiger partial charge on any atom is -0.444 e. The van der Waals surface area contributed by atoms with Gasteiger partial charge in [-0.05, 0) is 57.9 Å². The molecule has 3 aromatic heterocycles. The van der Waals surface area contributed by atoms with Crippen molar-refractivity contribution in [1.82, 2.24) is 19.9 Å². The largest absolute Gasteiger partial charge is 0.444 e. The second kappa shape index (κ2) is 11.3. The van der Waals surface area contributed by atoms with Crippen molar-refractivity contribution in [2.75, 3.05) is 23.7 Å². The number of hydrogen-bond donors (Lipinski definition) is 2. The van der Waals surface area contributed by atoms with E-state index < -0.39 is 22.3 Å². The molecular formula is C26H28F3N7O4. The molecule has 3 aromatic rings. The van der Waals surface area contributed by atoms with Crippen LogP contribution in [0, 0.1) is 10.1 Å². The molecule has 1 amide bonds. The van der Waals surface area contributed by atoms with Crippen LogP contribution < -0.4 is 10.6 Å². The quantitative estimate of drug-likeness (QED) is 0.263. The molecule has 4 rings (SSSR count). The molecule has 0 aliphatic carbocycles. The molecule has 0 saturated carbocycles. The first-order valence-corrected chi connectivity index (χ1v) is 12.5. The SMILES string of the molecule is CC(C)(C)OC(=O)N1CCC[C@H]1CNc1cc(-c2cc([N+](=O)[O-])cc(Nc3cc(C(F)(F)F)ccn3)n2)ccn1. The van der Waals surface area contributed by atoms with Gasteiger partial charge in [-0.1, -0.05) is 0 Å². The van der Waals surface area contributed by atoms with Gasteiger partial charge in [0.2, 0.25) is 0 Å². The minimum atomic E-state index is -4.58. The molecule has 40 heavy (non-hydrogen) atoms. The molecule has 1 fully saturated rings. The van der Waals surface area contributed by atoms with Crippen molar-refractivity contribution in [3.05, 3.63) is 64.5 Å². The van der Waals surface area contributed by atoms with Gasteiger partial charge in [0.25, 0.3) is 5.69 Å². The standard InChI is InChI=1S/C26H28F3N7O4/c1-25(2,3)40-24(37)35-10-4-5-18(35)15-32-21-11-16(6-8-30-21)20-13-19(36(38)39)14-23(33-20)34-22-12-17(7-9-31-22)26(27,28)29/h6-9,11-14,18H,4-5,10,15H2,1-3H3,(H,30,32)(H,31,33,34)/t18-/m0/s1. The lowest BCUT2D eigenvalue weighted by Gasteiger charge is -2.28. The molecule has 14 heteroatoms. The number of aromatic nitrogens is 3. The van der Waals surface area contributed by atoms with Crippen molar-refractivity contribution in [1.29, 1.82) is 0 Å². The molecule has 0 aromatic carbocycles. The third-order valence-electron chi connectivity index (χ3n) is 5.94. The molecule has 212 valence electrons. The number of pyridine rings is 3. The number of carbonyl (C=O) groups excluding carboxylic acids is 1. The molecule has 1 atom stereocenters. The fourth-order valence-corrected chi connectivity index (χ4v) is 4.16. The van der Waals surface area contributed by atoms with Crippen LogP contribution >= 0.6 is 0 Å². The maximum Gasteiger partial charge on any atom is 0.416 e. The number of anilines is 3. The molecule has 11 nitrogen and oxygen atoms in total. The molecule has 0 unspecified atom stereocenters. The van der Waals surface area contributed by atoms with Crippen molar-refractivity contribution in [2.45, 2.75) is 51.4 Å². The van der Waals surface area contributed by atoms with Gasteiger partial charge in [-0.15, -0.1) is 0 Å². The van der Waals surface area contributed by atoms with Crippen LogP contribution in [-0.4, -0.2) is 55.6 Å². The molecule has 0 spiro atoms. The summed E-state index contributed by atoms with van der Waals surface area (Å²) in [5, 5.41) is 17.4. The topological polar surface area (TPSA) is 135 Å². The molecule has 1 aliphatic heterocycles. The Morgan fingerprint density at radius 2 is 1.82 bits per heavy atom. The Morgan fingerprint density at radius 3 is 2.52 bits per heavy atom. The van der Waals surface area contributed by atoms with Gasteiger partial charge >= 0.3 is 12.3 Å². The van der Waals surface area contributed by atoms with E-state index in [0.29, 0.717) is 24.5 Å². The van der Waals surface area contributed by atoms with Crippen LogP contribution in [0.2, 0.25) is 0 Å². The van der Waals surface area contributed by atoms with Gasteiger partial charge in [0.15, 0.2) is 0 Å². The zero-order chi connectivity index (χ0) is 29.1. The monoisotopic (exact) mass is 559 g/mol. The predicted octanol–water partition coefficient (Wildman–Crippen LogP) is 6.02. The average molecular weight is 560 g/mol. The highest BCUT2D eigenvalue weighted by Crippen LogP contribution is 2.32. The summed E-state index contributed by atoms with van der Waals surface area (Å²) >= 11 is 0. The Bertz CT molecular complexity index is 1400. The first-order valence-electron chi connectivity index (χ1n) is 12.5. The average Bonchev–Trinajstić information content (AvgIpc) is 3.35. The number of carbonyl (C=O) groups is 1. The number of nitrogens with one attached hydrogen (secondary N) is 2. The summed E-state index contributed by atoms with van der Waals surface area (Å²) in [4.78, 5) is 37.7. The molecule has 1 saturated heterocycles. The Kier molecular flexibility index (Phi) is 8.07. The van der Waals surface area contributed by atoms with Crippen LogP contribution in [0.1, 0.15) is 39.2 Å². The second-order valence-electron chi connectivity index (χ2n) is 10.2. The van der Waals surface area contributed by atoms with Gasteiger partial charge in [0, 0.05) is 37.1 Å². The van der Waals surface area contributed by atoms with E-state index in [2.05, 4.69) is 25.6 Å². The molecular weight excluding hydrogens is 531 g/mol. The number of nitro groups is 1. The summed E-state index contributed by atoms with van der Waals surface area (Å²) in [6.45, 7) is 6.42. The van der Waals surface area contributed by atoms with Crippen molar-refractivity contribution < 1.29 is 27.6 Å². The zero-order valence-corrected chi connectivity index (χ0v) is 22.0. The smallest absolute Gasteiger partial charge is 0.416 e.